The summed E-state index contributed by atoms with van der Waals surface area (Å²) >= 11 is 6.80. The Morgan fingerprint density at radius 2 is 2.15 bits per heavy atom. The fourth-order valence-corrected chi connectivity index (χ4v) is 1.36. The summed E-state index contributed by atoms with van der Waals surface area (Å²) in [4.78, 5) is 14.0. The van der Waals surface area contributed by atoms with E-state index in [0.717, 1.165) is 0 Å². The molecular formula is C7H3ClF2INO. The molecule has 0 atom stereocenters. The van der Waals surface area contributed by atoms with Crippen molar-refractivity contribution in [2.24, 2.45) is 0 Å². The van der Waals surface area contributed by atoms with Crippen LogP contribution >= 0.6 is 34.2 Å². The highest BCUT2D eigenvalue weighted by atomic mass is 127. The number of carbonyl (C=O) groups excluding carboxylic acids is 1. The second-order valence-electron chi connectivity index (χ2n) is 2.14. The van der Waals surface area contributed by atoms with Crippen LogP contribution in [0, 0.1) is 3.57 Å². The number of nitrogens with zero attached hydrogens (tertiary/aromatic N) is 1. The molecule has 1 aromatic heterocycles. The zero-order valence-electron chi connectivity index (χ0n) is 6.10. The molecule has 1 rings (SSSR count). The Hall–Kier alpha value is -0.300. The predicted molar refractivity (Wildman–Crippen MR) is 52.1 cm³/mol. The molecule has 0 bridgehead atoms. The quantitative estimate of drug-likeness (QED) is 0.620. The average Bonchev–Trinajstić information content (AvgIpc) is 2.04. The molecule has 0 aliphatic rings. The number of carbonyl (C=O) groups is 1. The SMILES string of the molecule is O=C(Cl)c1ccc(I)c(C(F)F)n1. The predicted octanol–water partition coefficient (Wildman–Crippen LogP) is 3.00. The number of aromatic nitrogens is 1. The van der Waals surface area contributed by atoms with Crippen LogP contribution in [0.2, 0.25) is 0 Å². The topological polar surface area (TPSA) is 30.0 Å². The number of hydrogen-bond donors (Lipinski definition) is 0. The minimum atomic E-state index is -2.69. The van der Waals surface area contributed by atoms with E-state index in [9.17, 15) is 13.6 Å². The summed E-state index contributed by atoms with van der Waals surface area (Å²) in [5, 5.41) is -0.835. The minimum absolute atomic E-state index is 0.155. The van der Waals surface area contributed by atoms with Crippen LogP contribution in [0.4, 0.5) is 8.78 Å². The summed E-state index contributed by atoms with van der Waals surface area (Å²) in [7, 11) is 0. The van der Waals surface area contributed by atoms with Gasteiger partial charge in [-0.15, -0.1) is 0 Å². The van der Waals surface area contributed by atoms with Crippen molar-refractivity contribution >= 4 is 39.4 Å². The molecule has 13 heavy (non-hydrogen) atoms. The van der Waals surface area contributed by atoms with Gasteiger partial charge in [0.25, 0.3) is 11.7 Å². The van der Waals surface area contributed by atoms with Crippen LogP contribution in [0.25, 0.3) is 0 Å². The first-order chi connectivity index (χ1) is 6.02. The Morgan fingerprint density at radius 3 is 2.62 bits per heavy atom. The molecule has 0 saturated carbocycles. The first-order valence-corrected chi connectivity index (χ1v) is 4.62. The van der Waals surface area contributed by atoms with Crippen LogP contribution in [0.3, 0.4) is 0 Å². The number of pyridine rings is 1. The molecule has 0 N–H and O–H groups in total. The van der Waals surface area contributed by atoms with Crippen molar-refractivity contribution < 1.29 is 13.6 Å². The van der Waals surface area contributed by atoms with Crippen LogP contribution in [0.1, 0.15) is 22.6 Å². The van der Waals surface area contributed by atoms with Gasteiger partial charge in [0.2, 0.25) is 0 Å². The highest BCUT2D eigenvalue weighted by Crippen LogP contribution is 2.22. The van der Waals surface area contributed by atoms with Gasteiger partial charge in [-0.25, -0.2) is 13.8 Å². The fraction of sp³-hybridized carbons (Fsp3) is 0.143. The van der Waals surface area contributed by atoms with Gasteiger partial charge in [-0.3, -0.25) is 4.79 Å². The van der Waals surface area contributed by atoms with E-state index in [1.165, 1.54) is 12.1 Å². The van der Waals surface area contributed by atoms with Crippen molar-refractivity contribution in [2.45, 2.75) is 6.43 Å². The normalized spacial score (nSPS) is 10.5. The lowest BCUT2D eigenvalue weighted by Gasteiger charge is -2.02. The van der Waals surface area contributed by atoms with E-state index in [0.29, 0.717) is 3.57 Å². The van der Waals surface area contributed by atoms with E-state index in [4.69, 9.17) is 11.6 Å². The number of rotatable bonds is 2. The summed E-state index contributed by atoms with van der Waals surface area (Å²) in [6.45, 7) is 0. The van der Waals surface area contributed by atoms with Gasteiger partial charge < -0.3 is 0 Å². The molecule has 2 nitrogen and oxygen atoms in total. The van der Waals surface area contributed by atoms with Gasteiger partial charge in [0.15, 0.2) is 0 Å². The van der Waals surface area contributed by atoms with Crippen molar-refractivity contribution in [3.63, 3.8) is 0 Å². The highest BCUT2D eigenvalue weighted by Gasteiger charge is 2.15. The van der Waals surface area contributed by atoms with Crippen LogP contribution in [0.5, 0.6) is 0 Å². The maximum Gasteiger partial charge on any atom is 0.281 e. The van der Waals surface area contributed by atoms with Gasteiger partial charge >= 0.3 is 0 Å². The van der Waals surface area contributed by atoms with Crippen molar-refractivity contribution in [3.8, 4) is 0 Å². The Balaban J connectivity index is 3.19. The van der Waals surface area contributed by atoms with Crippen molar-refractivity contribution in [1.29, 1.82) is 0 Å². The van der Waals surface area contributed by atoms with Gasteiger partial charge in [-0.05, 0) is 46.3 Å². The van der Waals surface area contributed by atoms with Crippen LogP contribution < -0.4 is 0 Å². The fourth-order valence-electron chi connectivity index (χ4n) is 0.720. The summed E-state index contributed by atoms with van der Waals surface area (Å²) in [6, 6.07) is 2.69. The lowest BCUT2D eigenvalue weighted by molar-refractivity contribution is 0.107. The standard InChI is InChI=1S/C7H3ClF2INO/c8-6(13)4-2-1-3(11)5(12-4)7(9)10/h1-2,7H. The molecule has 70 valence electrons. The molecule has 0 radical (unpaired) electrons. The van der Waals surface area contributed by atoms with E-state index >= 15 is 0 Å². The lowest BCUT2D eigenvalue weighted by Crippen LogP contribution is -2.01. The summed E-state index contributed by atoms with van der Waals surface area (Å²) < 4.78 is 24.8. The molecule has 0 saturated heterocycles. The molecule has 0 aliphatic heterocycles. The Bertz CT molecular complexity index is 345. The molecule has 1 heterocycles. The van der Waals surface area contributed by atoms with Crippen molar-refractivity contribution in [2.75, 3.05) is 0 Å². The average molecular weight is 317 g/mol. The minimum Gasteiger partial charge on any atom is -0.274 e. The van der Waals surface area contributed by atoms with Crippen molar-refractivity contribution in [1.82, 2.24) is 4.98 Å². The smallest absolute Gasteiger partial charge is 0.274 e. The second kappa shape index (κ2) is 4.28. The Morgan fingerprint density at radius 1 is 1.54 bits per heavy atom. The molecular weight excluding hydrogens is 314 g/mol. The molecule has 1 aromatic rings. The van der Waals surface area contributed by atoms with Crippen LogP contribution in [0.15, 0.2) is 12.1 Å². The molecule has 0 fully saturated rings. The third kappa shape index (κ3) is 2.57. The lowest BCUT2D eigenvalue weighted by atomic mass is 10.3. The molecule has 0 unspecified atom stereocenters. The molecule has 0 aromatic carbocycles. The first kappa shape index (κ1) is 10.8. The van der Waals surface area contributed by atoms with Gasteiger partial charge in [-0.1, -0.05) is 0 Å². The third-order valence-electron chi connectivity index (χ3n) is 1.28. The van der Waals surface area contributed by atoms with Crippen LogP contribution in [-0.2, 0) is 0 Å². The van der Waals surface area contributed by atoms with Crippen molar-refractivity contribution in [3.05, 3.63) is 27.1 Å². The van der Waals surface area contributed by atoms with E-state index in [1.54, 1.807) is 22.6 Å². The largest absolute Gasteiger partial charge is 0.281 e. The maximum absolute atomic E-state index is 12.2. The number of halogens is 4. The van der Waals surface area contributed by atoms with E-state index in [2.05, 4.69) is 4.98 Å². The first-order valence-electron chi connectivity index (χ1n) is 3.17. The van der Waals surface area contributed by atoms with E-state index in [-0.39, 0.29) is 5.69 Å². The Kier molecular flexibility index (Phi) is 3.55. The monoisotopic (exact) mass is 317 g/mol. The molecule has 6 heteroatoms. The summed E-state index contributed by atoms with van der Waals surface area (Å²) in [6.07, 6.45) is -2.69. The summed E-state index contributed by atoms with van der Waals surface area (Å²) in [5.74, 6) is 0. The van der Waals surface area contributed by atoms with Gasteiger partial charge in [0.05, 0.1) is 0 Å². The zero-order chi connectivity index (χ0) is 10.0. The zero-order valence-corrected chi connectivity index (χ0v) is 9.01. The maximum atomic E-state index is 12.2. The van der Waals surface area contributed by atoms with Crippen LogP contribution in [-0.4, -0.2) is 10.2 Å². The van der Waals surface area contributed by atoms with Gasteiger partial charge in [0.1, 0.15) is 11.4 Å². The van der Waals surface area contributed by atoms with Gasteiger partial charge in [0, 0.05) is 3.57 Å². The number of hydrogen-bond acceptors (Lipinski definition) is 2. The van der Waals surface area contributed by atoms with Gasteiger partial charge in [-0.2, -0.15) is 0 Å². The molecule has 0 spiro atoms. The Labute approximate surface area is 91.4 Å². The second-order valence-corrected chi connectivity index (χ2v) is 3.64. The third-order valence-corrected chi connectivity index (χ3v) is 2.39. The molecule has 0 amide bonds. The van der Waals surface area contributed by atoms with E-state index < -0.39 is 17.4 Å². The highest BCUT2D eigenvalue weighted by molar-refractivity contribution is 14.1. The summed E-state index contributed by atoms with van der Waals surface area (Å²) in [5.41, 5.74) is -0.565. The number of alkyl halides is 2. The van der Waals surface area contributed by atoms with E-state index in [1.807, 2.05) is 0 Å². The molecule has 0 aliphatic carbocycles.